The van der Waals surface area contributed by atoms with Crippen molar-refractivity contribution in [2.45, 2.75) is 59.0 Å². The van der Waals surface area contributed by atoms with E-state index in [2.05, 4.69) is 31.0 Å². The van der Waals surface area contributed by atoms with Crippen molar-refractivity contribution in [3.8, 4) is 0 Å². The molecule has 1 aromatic rings. The molecule has 0 aliphatic carbocycles. The second kappa shape index (κ2) is 10.1. The lowest BCUT2D eigenvalue weighted by Crippen LogP contribution is -2.37. The van der Waals surface area contributed by atoms with Crippen LogP contribution in [0, 0.1) is 0 Å². The van der Waals surface area contributed by atoms with Crippen LogP contribution in [0.25, 0.3) is 0 Å². The molecule has 0 aliphatic rings. The van der Waals surface area contributed by atoms with Crippen molar-refractivity contribution in [3.05, 3.63) is 10.6 Å². The van der Waals surface area contributed by atoms with Crippen molar-refractivity contribution in [1.29, 1.82) is 0 Å². The summed E-state index contributed by atoms with van der Waals surface area (Å²) >= 11 is 1.84. The molecule has 0 amide bonds. The Morgan fingerprint density at radius 3 is 2.52 bits per heavy atom. The van der Waals surface area contributed by atoms with Crippen LogP contribution in [0.1, 0.15) is 50.6 Å². The second-order valence-electron chi connectivity index (χ2n) is 5.30. The summed E-state index contributed by atoms with van der Waals surface area (Å²) in [6.07, 6.45) is 4.49. The molecule has 1 aromatic heterocycles. The summed E-state index contributed by atoms with van der Waals surface area (Å²) in [7, 11) is 3.76. The highest BCUT2D eigenvalue weighted by atomic mass is 32.1. The molecule has 0 saturated heterocycles. The summed E-state index contributed by atoms with van der Waals surface area (Å²) in [4.78, 5) is 8.75. The third-order valence-electron chi connectivity index (χ3n) is 3.76. The first kappa shape index (κ1) is 18.4. The van der Waals surface area contributed by atoms with Gasteiger partial charge in [-0.05, 0) is 26.3 Å². The highest BCUT2D eigenvalue weighted by Crippen LogP contribution is 2.30. The number of rotatable bonds is 11. The molecular weight excluding hydrogens is 282 g/mol. The Morgan fingerprint density at radius 2 is 2.00 bits per heavy atom. The summed E-state index contributed by atoms with van der Waals surface area (Å²) in [5, 5.41) is 4.42. The lowest BCUT2D eigenvalue weighted by Gasteiger charge is -2.30. The minimum absolute atomic E-state index is 0.545. The highest BCUT2D eigenvalue weighted by Gasteiger charge is 2.20. The van der Waals surface area contributed by atoms with Crippen molar-refractivity contribution in [2.75, 3.05) is 32.2 Å². The smallest absolute Gasteiger partial charge is 0.186 e. The maximum absolute atomic E-state index is 5.29. The lowest BCUT2D eigenvalue weighted by molar-refractivity contribution is 0.202. The van der Waals surface area contributed by atoms with E-state index < -0.39 is 0 Å². The van der Waals surface area contributed by atoms with E-state index in [0.29, 0.717) is 6.04 Å². The molecule has 0 bridgehead atoms. The number of hydrogen-bond acceptors (Lipinski definition) is 5. The molecule has 0 unspecified atom stereocenters. The minimum Gasteiger partial charge on any atom is -0.383 e. The van der Waals surface area contributed by atoms with Gasteiger partial charge in [0, 0.05) is 31.1 Å². The number of anilines is 1. The second-order valence-corrected chi connectivity index (χ2v) is 6.37. The summed E-state index contributed by atoms with van der Waals surface area (Å²) < 4.78 is 5.29. The van der Waals surface area contributed by atoms with Crippen LogP contribution < -0.4 is 10.2 Å². The standard InChI is InChI=1S/C16H31N3OS/c1-6-9-14-15(12-17-4)21-16(18-14)19(10-11-20-5)13(7-2)8-3/h13,17H,6-12H2,1-5H3. The number of hydrogen-bond donors (Lipinski definition) is 1. The molecule has 0 aromatic carbocycles. The molecule has 5 heteroatoms. The molecule has 1 rings (SSSR count). The van der Waals surface area contributed by atoms with E-state index in [1.54, 1.807) is 7.11 Å². The van der Waals surface area contributed by atoms with Crippen LogP contribution >= 0.6 is 11.3 Å². The topological polar surface area (TPSA) is 37.4 Å². The van der Waals surface area contributed by atoms with Crippen LogP contribution in [0.3, 0.4) is 0 Å². The fourth-order valence-electron chi connectivity index (χ4n) is 2.58. The van der Waals surface area contributed by atoms with Crippen LogP contribution in [0.5, 0.6) is 0 Å². The van der Waals surface area contributed by atoms with Gasteiger partial charge in [-0.2, -0.15) is 0 Å². The first-order valence-electron chi connectivity index (χ1n) is 8.10. The largest absolute Gasteiger partial charge is 0.383 e. The fraction of sp³-hybridized carbons (Fsp3) is 0.812. The molecule has 0 atom stereocenters. The van der Waals surface area contributed by atoms with Gasteiger partial charge >= 0.3 is 0 Å². The average Bonchev–Trinajstić information content (AvgIpc) is 2.87. The molecule has 122 valence electrons. The minimum atomic E-state index is 0.545. The lowest BCUT2D eigenvalue weighted by atomic mass is 10.1. The maximum Gasteiger partial charge on any atom is 0.186 e. The summed E-state index contributed by atoms with van der Waals surface area (Å²) in [5.41, 5.74) is 1.26. The van der Waals surface area contributed by atoms with E-state index in [0.717, 1.165) is 50.5 Å². The van der Waals surface area contributed by atoms with Crippen molar-refractivity contribution >= 4 is 16.5 Å². The Morgan fingerprint density at radius 1 is 1.29 bits per heavy atom. The quantitative estimate of drug-likeness (QED) is 0.679. The van der Waals surface area contributed by atoms with E-state index >= 15 is 0 Å². The van der Waals surface area contributed by atoms with Crippen LogP contribution in [-0.2, 0) is 17.7 Å². The molecule has 4 nitrogen and oxygen atoms in total. The third-order valence-corrected chi connectivity index (χ3v) is 4.89. The number of methoxy groups -OCH3 is 1. The molecular formula is C16H31N3OS. The van der Waals surface area contributed by atoms with Gasteiger partial charge in [0.2, 0.25) is 0 Å². The Hall–Kier alpha value is -0.650. The SMILES string of the molecule is CCCc1nc(N(CCOC)C(CC)CC)sc1CNC. The summed E-state index contributed by atoms with van der Waals surface area (Å²) in [5.74, 6) is 0. The Bertz CT molecular complexity index is 367. The van der Waals surface area contributed by atoms with Gasteiger partial charge in [0.1, 0.15) is 0 Å². The molecule has 0 saturated carbocycles. The van der Waals surface area contributed by atoms with Crippen molar-refractivity contribution in [2.24, 2.45) is 0 Å². The zero-order valence-electron chi connectivity index (χ0n) is 14.2. The van der Waals surface area contributed by atoms with E-state index in [9.17, 15) is 0 Å². The predicted octanol–water partition coefficient (Wildman–Crippen LogP) is 3.46. The van der Waals surface area contributed by atoms with E-state index in [1.165, 1.54) is 10.6 Å². The monoisotopic (exact) mass is 313 g/mol. The van der Waals surface area contributed by atoms with Crippen LogP contribution in [-0.4, -0.2) is 38.3 Å². The van der Waals surface area contributed by atoms with Gasteiger partial charge in [-0.15, -0.1) is 11.3 Å². The molecule has 0 spiro atoms. The van der Waals surface area contributed by atoms with Crippen LogP contribution in [0.4, 0.5) is 5.13 Å². The van der Waals surface area contributed by atoms with E-state index in [-0.39, 0.29) is 0 Å². The zero-order chi connectivity index (χ0) is 15.7. The van der Waals surface area contributed by atoms with Gasteiger partial charge < -0.3 is 15.0 Å². The Labute approximate surface area is 133 Å². The van der Waals surface area contributed by atoms with Gasteiger partial charge in [-0.3, -0.25) is 0 Å². The number of ether oxygens (including phenoxy) is 1. The molecule has 1 heterocycles. The van der Waals surface area contributed by atoms with Gasteiger partial charge in [0.15, 0.2) is 5.13 Å². The number of nitrogens with one attached hydrogen (secondary N) is 1. The first-order valence-corrected chi connectivity index (χ1v) is 8.92. The predicted molar refractivity (Wildman–Crippen MR) is 92.5 cm³/mol. The third kappa shape index (κ3) is 5.24. The van der Waals surface area contributed by atoms with Gasteiger partial charge in [0.05, 0.1) is 12.3 Å². The number of aromatic nitrogens is 1. The molecule has 0 radical (unpaired) electrons. The van der Waals surface area contributed by atoms with Crippen LogP contribution in [0.15, 0.2) is 0 Å². The van der Waals surface area contributed by atoms with Gasteiger partial charge in [-0.25, -0.2) is 4.98 Å². The first-order chi connectivity index (χ1) is 10.2. The molecule has 0 fully saturated rings. The fourth-order valence-corrected chi connectivity index (χ4v) is 3.79. The van der Waals surface area contributed by atoms with Crippen molar-refractivity contribution < 1.29 is 4.74 Å². The number of aryl methyl sites for hydroxylation is 1. The van der Waals surface area contributed by atoms with Gasteiger partial charge in [0.25, 0.3) is 0 Å². The highest BCUT2D eigenvalue weighted by molar-refractivity contribution is 7.15. The van der Waals surface area contributed by atoms with Crippen molar-refractivity contribution in [3.63, 3.8) is 0 Å². The normalized spacial score (nSPS) is 11.3. The molecule has 0 aliphatic heterocycles. The average molecular weight is 314 g/mol. The Balaban J connectivity index is 3.01. The van der Waals surface area contributed by atoms with E-state index in [4.69, 9.17) is 9.72 Å². The summed E-state index contributed by atoms with van der Waals surface area (Å²) in [6, 6.07) is 0.545. The van der Waals surface area contributed by atoms with Crippen molar-refractivity contribution in [1.82, 2.24) is 10.3 Å². The summed E-state index contributed by atoms with van der Waals surface area (Å²) in [6.45, 7) is 9.30. The van der Waals surface area contributed by atoms with Gasteiger partial charge in [-0.1, -0.05) is 27.2 Å². The molecule has 21 heavy (non-hydrogen) atoms. The number of nitrogens with zero attached hydrogens (tertiary/aromatic N) is 2. The Kier molecular flexibility index (Phi) is 8.88. The van der Waals surface area contributed by atoms with E-state index in [1.807, 2.05) is 18.4 Å². The maximum atomic E-state index is 5.29. The zero-order valence-corrected chi connectivity index (χ0v) is 15.1. The number of thiazole rings is 1. The van der Waals surface area contributed by atoms with Crippen LogP contribution in [0.2, 0.25) is 0 Å². The molecule has 1 N–H and O–H groups in total.